The largest absolute Gasteiger partial charge is 0.493 e. The van der Waals surface area contributed by atoms with Crippen LogP contribution in [-0.4, -0.2) is 6.61 Å². The van der Waals surface area contributed by atoms with Crippen LogP contribution in [0.5, 0.6) is 5.75 Å². The zero-order valence-electron chi connectivity index (χ0n) is 10.3. The number of benzene rings is 1. The van der Waals surface area contributed by atoms with Crippen molar-refractivity contribution < 1.29 is 4.74 Å². The topological polar surface area (TPSA) is 9.23 Å². The van der Waals surface area contributed by atoms with Crippen molar-refractivity contribution in [3.05, 3.63) is 27.7 Å². The lowest BCUT2D eigenvalue weighted by Crippen LogP contribution is -2.05. The molecule has 3 heteroatoms. The van der Waals surface area contributed by atoms with Gasteiger partial charge >= 0.3 is 0 Å². The summed E-state index contributed by atoms with van der Waals surface area (Å²) in [7, 11) is 0. The van der Waals surface area contributed by atoms with Crippen LogP contribution in [0.4, 0.5) is 0 Å². The van der Waals surface area contributed by atoms with Crippen molar-refractivity contribution in [3.63, 3.8) is 0 Å². The first kappa shape index (κ1) is 13.4. The third-order valence-corrected chi connectivity index (χ3v) is 5.17. The SMILES string of the molecule is CCCC(C)C(Br)c1cc(Br)cc2c1OCC2. The molecule has 0 radical (unpaired) electrons. The van der Waals surface area contributed by atoms with E-state index in [9.17, 15) is 0 Å². The Morgan fingerprint density at radius 2 is 2.18 bits per heavy atom. The minimum atomic E-state index is 0.381. The van der Waals surface area contributed by atoms with Crippen LogP contribution in [0.15, 0.2) is 16.6 Å². The lowest BCUT2D eigenvalue weighted by molar-refractivity contribution is 0.350. The fourth-order valence-corrected chi connectivity index (χ4v) is 3.54. The smallest absolute Gasteiger partial charge is 0.127 e. The number of ether oxygens (including phenoxy) is 1. The summed E-state index contributed by atoms with van der Waals surface area (Å²) in [4.78, 5) is 0.381. The van der Waals surface area contributed by atoms with Crippen molar-refractivity contribution in [2.24, 2.45) is 5.92 Å². The van der Waals surface area contributed by atoms with Gasteiger partial charge in [0.25, 0.3) is 0 Å². The zero-order valence-corrected chi connectivity index (χ0v) is 13.5. The molecule has 0 aliphatic carbocycles. The van der Waals surface area contributed by atoms with Crippen LogP contribution in [0.3, 0.4) is 0 Å². The molecule has 2 atom stereocenters. The normalized spacial score (nSPS) is 17.4. The van der Waals surface area contributed by atoms with Crippen LogP contribution in [0.1, 0.15) is 42.6 Å². The van der Waals surface area contributed by atoms with E-state index in [1.165, 1.54) is 24.0 Å². The highest BCUT2D eigenvalue weighted by atomic mass is 79.9. The van der Waals surface area contributed by atoms with Crippen LogP contribution < -0.4 is 4.74 Å². The molecule has 0 saturated carbocycles. The molecule has 1 aromatic carbocycles. The average molecular weight is 362 g/mol. The Balaban J connectivity index is 2.31. The quantitative estimate of drug-likeness (QED) is 0.665. The summed E-state index contributed by atoms with van der Waals surface area (Å²) in [5, 5.41) is 0. The molecule has 0 bridgehead atoms. The van der Waals surface area contributed by atoms with E-state index < -0.39 is 0 Å². The number of rotatable bonds is 4. The molecule has 2 unspecified atom stereocenters. The number of hydrogen-bond acceptors (Lipinski definition) is 1. The summed E-state index contributed by atoms with van der Waals surface area (Å²) in [6.07, 6.45) is 3.49. The molecule has 1 aromatic rings. The van der Waals surface area contributed by atoms with E-state index >= 15 is 0 Å². The molecule has 1 heterocycles. The molecule has 0 spiro atoms. The molecule has 2 rings (SSSR count). The predicted molar refractivity (Wildman–Crippen MR) is 79.1 cm³/mol. The lowest BCUT2D eigenvalue weighted by atomic mass is 9.95. The second kappa shape index (κ2) is 5.75. The molecular formula is C14H18Br2O. The highest BCUT2D eigenvalue weighted by molar-refractivity contribution is 9.10. The van der Waals surface area contributed by atoms with E-state index in [0.717, 1.165) is 23.2 Å². The van der Waals surface area contributed by atoms with Gasteiger partial charge in [0.15, 0.2) is 0 Å². The Labute approximate surface area is 120 Å². The van der Waals surface area contributed by atoms with Gasteiger partial charge in [-0.15, -0.1) is 0 Å². The van der Waals surface area contributed by atoms with Gasteiger partial charge in [-0.25, -0.2) is 0 Å². The maximum Gasteiger partial charge on any atom is 0.127 e. The summed E-state index contributed by atoms with van der Waals surface area (Å²) in [6.45, 7) is 5.35. The Kier molecular flexibility index (Phi) is 4.53. The molecule has 1 aliphatic heterocycles. The second-order valence-corrected chi connectivity index (χ2v) is 6.65. The van der Waals surface area contributed by atoms with Gasteiger partial charge in [0, 0.05) is 21.3 Å². The minimum absolute atomic E-state index is 0.381. The Morgan fingerprint density at radius 3 is 2.88 bits per heavy atom. The van der Waals surface area contributed by atoms with E-state index in [4.69, 9.17) is 4.74 Å². The maximum atomic E-state index is 5.78. The maximum absolute atomic E-state index is 5.78. The summed E-state index contributed by atoms with van der Waals surface area (Å²) < 4.78 is 6.94. The van der Waals surface area contributed by atoms with E-state index in [-0.39, 0.29) is 0 Å². The number of alkyl halides is 1. The molecule has 0 aromatic heterocycles. The fraction of sp³-hybridized carbons (Fsp3) is 0.571. The fourth-order valence-electron chi connectivity index (χ4n) is 2.41. The van der Waals surface area contributed by atoms with Crippen LogP contribution >= 0.6 is 31.9 Å². The second-order valence-electron chi connectivity index (χ2n) is 4.75. The zero-order chi connectivity index (χ0) is 12.4. The summed E-state index contributed by atoms with van der Waals surface area (Å²) >= 11 is 7.44. The third-order valence-electron chi connectivity index (χ3n) is 3.32. The molecule has 0 fully saturated rings. The molecule has 17 heavy (non-hydrogen) atoms. The highest BCUT2D eigenvalue weighted by Gasteiger charge is 2.24. The molecule has 1 nitrogen and oxygen atoms in total. The number of halogens is 2. The van der Waals surface area contributed by atoms with E-state index in [2.05, 4.69) is 57.8 Å². The average Bonchev–Trinajstić information content (AvgIpc) is 2.75. The van der Waals surface area contributed by atoms with E-state index in [1.807, 2.05) is 0 Å². The van der Waals surface area contributed by atoms with Crippen molar-refractivity contribution in [3.8, 4) is 5.75 Å². The number of hydrogen-bond donors (Lipinski definition) is 0. The van der Waals surface area contributed by atoms with E-state index in [1.54, 1.807) is 0 Å². The van der Waals surface area contributed by atoms with Crippen LogP contribution in [0.2, 0.25) is 0 Å². The van der Waals surface area contributed by atoms with Crippen molar-refractivity contribution in [2.45, 2.75) is 37.9 Å². The molecule has 0 N–H and O–H groups in total. The summed E-state index contributed by atoms with van der Waals surface area (Å²) in [5.41, 5.74) is 2.63. The van der Waals surface area contributed by atoms with E-state index in [0.29, 0.717) is 10.7 Å². The predicted octanol–water partition coefficient (Wildman–Crippen LogP) is 5.26. The van der Waals surface area contributed by atoms with Crippen LogP contribution in [-0.2, 0) is 6.42 Å². The molecule has 0 saturated heterocycles. The van der Waals surface area contributed by atoms with Gasteiger partial charge in [0.1, 0.15) is 5.75 Å². The monoisotopic (exact) mass is 360 g/mol. The summed E-state index contributed by atoms with van der Waals surface area (Å²) in [5.74, 6) is 1.74. The first-order valence-electron chi connectivity index (χ1n) is 6.22. The standard InChI is InChI=1S/C14H18Br2O/c1-3-4-9(2)13(16)12-8-11(15)7-10-5-6-17-14(10)12/h7-9,13H,3-6H2,1-2H3. The van der Waals surface area contributed by atoms with Gasteiger partial charge < -0.3 is 4.74 Å². The molecule has 0 amide bonds. The Morgan fingerprint density at radius 1 is 1.41 bits per heavy atom. The van der Waals surface area contributed by atoms with Crippen molar-refractivity contribution >= 4 is 31.9 Å². The van der Waals surface area contributed by atoms with Crippen LogP contribution in [0, 0.1) is 5.92 Å². The third kappa shape index (κ3) is 2.87. The van der Waals surface area contributed by atoms with Gasteiger partial charge in [0.05, 0.1) is 6.61 Å². The van der Waals surface area contributed by atoms with Gasteiger partial charge in [-0.3, -0.25) is 0 Å². The molecule has 1 aliphatic rings. The Hall–Kier alpha value is -0.0200. The van der Waals surface area contributed by atoms with Crippen molar-refractivity contribution in [1.82, 2.24) is 0 Å². The van der Waals surface area contributed by atoms with Crippen LogP contribution in [0.25, 0.3) is 0 Å². The first-order chi connectivity index (χ1) is 8.13. The molecule has 94 valence electrons. The van der Waals surface area contributed by atoms with Gasteiger partial charge in [0.2, 0.25) is 0 Å². The number of fused-ring (bicyclic) bond motifs is 1. The summed E-state index contributed by atoms with van der Waals surface area (Å²) in [6, 6.07) is 4.37. The first-order valence-corrected chi connectivity index (χ1v) is 7.93. The molecular weight excluding hydrogens is 344 g/mol. The minimum Gasteiger partial charge on any atom is -0.493 e. The highest BCUT2D eigenvalue weighted by Crippen LogP contribution is 2.43. The van der Waals surface area contributed by atoms with Gasteiger partial charge in [-0.2, -0.15) is 0 Å². The Bertz CT molecular complexity index is 403. The van der Waals surface area contributed by atoms with Crippen molar-refractivity contribution in [2.75, 3.05) is 6.61 Å². The van der Waals surface area contributed by atoms with Gasteiger partial charge in [-0.1, -0.05) is 52.1 Å². The lowest BCUT2D eigenvalue weighted by Gasteiger charge is -2.20. The van der Waals surface area contributed by atoms with Gasteiger partial charge in [-0.05, 0) is 30.0 Å². The van der Waals surface area contributed by atoms with Crippen molar-refractivity contribution in [1.29, 1.82) is 0 Å².